The van der Waals surface area contributed by atoms with Gasteiger partial charge in [-0.1, -0.05) is 18.2 Å². The van der Waals surface area contributed by atoms with Gasteiger partial charge in [0.05, 0.1) is 11.3 Å². The molecule has 1 heterocycles. The summed E-state index contributed by atoms with van der Waals surface area (Å²) in [5.41, 5.74) is 1.38. The molecule has 0 unspecified atom stereocenters. The van der Waals surface area contributed by atoms with Gasteiger partial charge in [-0.15, -0.1) is 0 Å². The Hall–Kier alpha value is -2.78. The van der Waals surface area contributed by atoms with Gasteiger partial charge in [0.2, 0.25) is 6.08 Å². The van der Waals surface area contributed by atoms with Crippen LogP contribution in [0.3, 0.4) is 0 Å². The standard InChI is InChI=1S/C14H11N3O2/c1-10-5-4-8-13(16-10)17-14(19)11-6-2-3-7-12(11)15-9-18/h2-8H,1H3,(H,16,17,19). The number of nitrogens with one attached hydrogen (secondary N) is 1. The molecule has 1 aromatic carbocycles. The van der Waals surface area contributed by atoms with Crippen LogP contribution in [0, 0.1) is 6.92 Å². The second-order valence-corrected chi connectivity index (χ2v) is 3.84. The van der Waals surface area contributed by atoms with E-state index in [1.165, 1.54) is 6.08 Å². The Morgan fingerprint density at radius 1 is 1.21 bits per heavy atom. The summed E-state index contributed by atoms with van der Waals surface area (Å²) in [4.78, 5) is 30.1. The van der Waals surface area contributed by atoms with Crippen LogP contribution in [0.5, 0.6) is 0 Å². The topological polar surface area (TPSA) is 71.4 Å². The zero-order valence-electron chi connectivity index (χ0n) is 10.3. The minimum absolute atomic E-state index is 0.280. The fourth-order valence-electron chi connectivity index (χ4n) is 1.61. The SMILES string of the molecule is Cc1cccc(NC(=O)c2ccccc2N=C=O)n1. The second kappa shape index (κ2) is 5.71. The van der Waals surface area contributed by atoms with E-state index in [0.717, 1.165) is 5.69 Å². The zero-order valence-corrected chi connectivity index (χ0v) is 10.3. The number of benzene rings is 1. The van der Waals surface area contributed by atoms with Gasteiger partial charge in [0.15, 0.2) is 0 Å². The van der Waals surface area contributed by atoms with Gasteiger partial charge < -0.3 is 5.32 Å². The second-order valence-electron chi connectivity index (χ2n) is 3.84. The predicted octanol–water partition coefficient (Wildman–Crippen LogP) is 2.61. The lowest BCUT2D eigenvalue weighted by Gasteiger charge is -2.06. The van der Waals surface area contributed by atoms with E-state index in [1.807, 2.05) is 13.0 Å². The Kier molecular flexibility index (Phi) is 3.81. The number of pyridine rings is 1. The molecule has 1 amide bonds. The number of hydrogen-bond donors (Lipinski definition) is 1. The number of carbonyl (C=O) groups excluding carboxylic acids is 2. The molecule has 0 aliphatic carbocycles. The lowest BCUT2D eigenvalue weighted by molar-refractivity contribution is 0.102. The largest absolute Gasteiger partial charge is 0.306 e. The monoisotopic (exact) mass is 253 g/mol. The lowest BCUT2D eigenvalue weighted by Crippen LogP contribution is -2.13. The smallest absolute Gasteiger partial charge is 0.259 e. The molecule has 0 aliphatic heterocycles. The number of carbonyl (C=O) groups is 1. The summed E-state index contributed by atoms with van der Waals surface area (Å²) >= 11 is 0. The first kappa shape index (κ1) is 12.7. The fourth-order valence-corrected chi connectivity index (χ4v) is 1.61. The van der Waals surface area contributed by atoms with E-state index in [-0.39, 0.29) is 11.6 Å². The Balaban J connectivity index is 2.28. The highest BCUT2D eigenvalue weighted by Crippen LogP contribution is 2.19. The molecule has 1 N–H and O–H groups in total. The molecule has 0 aliphatic rings. The Morgan fingerprint density at radius 2 is 2.00 bits per heavy atom. The van der Waals surface area contributed by atoms with Crippen molar-refractivity contribution in [2.24, 2.45) is 4.99 Å². The molecule has 0 atom stereocenters. The zero-order chi connectivity index (χ0) is 13.7. The van der Waals surface area contributed by atoms with Crippen molar-refractivity contribution in [1.29, 1.82) is 0 Å². The van der Waals surface area contributed by atoms with Gasteiger partial charge in [0, 0.05) is 5.69 Å². The lowest BCUT2D eigenvalue weighted by atomic mass is 10.1. The molecule has 5 heteroatoms. The molecule has 0 spiro atoms. The Labute approximate surface area is 110 Å². The molecule has 1 aromatic heterocycles. The molecular formula is C14H11N3O2. The van der Waals surface area contributed by atoms with E-state index in [1.54, 1.807) is 36.4 Å². The van der Waals surface area contributed by atoms with Crippen LogP contribution in [0.4, 0.5) is 11.5 Å². The number of aromatic nitrogens is 1. The van der Waals surface area contributed by atoms with Gasteiger partial charge >= 0.3 is 0 Å². The molecule has 0 bridgehead atoms. The summed E-state index contributed by atoms with van der Waals surface area (Å²) < 4.78 is 0. The number of isocyanates is 1. The van der Waals surface area contributed by atoms with Crippen molar-refractivity contribution in [1.82, 2.24) is 4.98 Å². The van der Waals surface area contributed by atoms with Crippen molar-refractivity contribution in [3.63, 3.8) is 0 Å². The van der Waals surface area contributed by atoms with Crippen molar-refractivity contribution < 1.29 is 9.59 Å². The summed E-state index contributed by atoms with van der Waals surface area (Å²) in [7, 11) is 0. The first-order valence-electron chi connectivity index (χ1n) is 5.62. The van der Waals surface area contributed by atoms with E-state index < -0.39 is 0 Å². The normalized spacial score (nSPS) is 9.53. The van der Waals surface area contributed by atoms with Gasteiger partial charge in [0.25, 0.3) is 5.91 Å². The van der Waals surface area contributed by atoms with Gasteiger partial charge in [-0.05, 0) is 31.2 Å². The van der Waals surface area contributed by atoms with Crippen molar-refractivity contribution >= 4 is 23.5 Å². The number of amides is 1. The van der Waals surface area contributed by atoms with Crippen LogP contribution in [0.2, 0.25) is 0 Å². The molecule has 94 valence electrons. The first-order chi connectivity index (χ1) is 9.20. The molecule has 2 aromatic rings. The molecule has 0 fully saturated rings. The number of nitrogens with zero attached hydrogens (tertiary/aromatic N) is 2. The van der Waals surface area contributed by atoms with Crippen molar-refractivity contribution in [2.75, 3.05) is 5.32 Å². The maximum absolute atomic E-state index is 12.1. The van der Waals surface area contributed by atoms with Gasteiger partial charge in [-0.2, -0.15) is 4.99 Å². The van der Waals surface area contributed by atoms with E-state index >= 15 is 0 Å². The first-order valence-corrected chi connectivity index (χ1v) is 5.62. The molecule has 2 rings (SSSR count). The molecular weight excluding hydrogens is 242 g/mol. The molecule has 0 saturated heterocycles. The third-order valence-electron chi connectivity index (χ3n) is 2.44. The minimum atomic E-state index is -0.368. The highest BCUT2D eigenvalue weighted by Gasteiger charge is 2.11. The van der Waals surface area contributed by atoms with E-state index in [2.05, 4.69) is 15.3 Å². The van der Waals surface area contributed by atoms with Crippen LogP contribution in [0.25, 0.3) is 0 Å². The maximum atomic E-state index is 12.1. The molecule has 0 radical (unpaired) electrons. The predicted molar refractivity (Wildman–Crippen MR) is 71.2 cm³/mol. The summed E-state index contributed by atoms with van der Waals surface area (Å²) in [5.74, 6) is 0.0857. The van der Waals surface area contributed by atoms with Crippen LogP contribution in [0.1, 0.15) is 16.1 Å². The van der Waals surface area contributed by atoms with E-state index in [0.29, 0.717) is 11.4 Å². The summed E-state index contributed by atoms with van der Waals surface area (Å²) in [6.07, 6.45) is 1.43. The average molecular weight is 253 g/mol. The fraction of sp³-hybridized carbons (Fsp3) is 0.0714. The number of hydrogen-bond acceptors (Lipinski definition) is 4. The number of anilines is 1. The molecule has 5 nitrogen and oxygen atoms in total. The highest BCUT2D eigenvalue weighted by atomic mass is 16.1. The van der Waals surface area contributed by atoms with Gasteiger partial charge in [-0.25, -0.2) is 9.78 Å². The van der Waals surface area contributed by atoms with Crippen LogP contribution < -0.4 is 5.32 Å². The number of para-hydroxylation sites is 1. The molecule has 0 saturated carbocycles. The molecule has 19 heavy (non-hydrogen) atoms. The number of rotatable bonds is 3. The van der Waals surface area contributed by atoms with Crippen LogP contribution >= 0.6 is 0 Å². The van der Waals surface area contributed by atoms with Crippen molar-refractivity contribution in [2.45, 2.75) is 6.92 Å². The van der Waals surface area contributed by atoms with Gasteiger partial charge in [-0.3, -0.25) is 4.79 Å². The Morgan fingerprint density at radius 3 is 2.74 bits per heavy atom. The third kappa shape index (κ3) is 3.12. The summed E-state index contributed by atoms with van der Waals surface area (Å²) in [6.45, 7) is 1.83. The van der Waals surface area contributed by atoms with Gasteiger partial charge in [0.1, 0.15) is 5.82 Å². The third-order valence-corrected chi connectivity index (χ3v) is 2.44. The number of aliphatic imine (C=N–C) groups is 1. The summed E-state index contributed by atoms with van der Waals surface area (Å²) in [5, 5.41) is 2.66. The summed E-state index contributed by atoms with van der Waals surface area (Å²) in [6, 6.07) is 11.9. The maximum Gasteiger partial charge on any atom is 0.259 e. The van der Waals surface area contributed by atoms with E-state index in [9.17, 15) is 9.59 Å². The minimum Gasteiger partial charge on any atom is -0.306 e. The Bertz CT molecular complexity index is 661. The average Bonchev–Trinajstić information content (AvgIpc) is 2.39. The van der Waals surface area contributed by atoms with Crippen molar-refractivity contribution in [3.05, 3.63) is 53.7 Å². The van der Waals surface area contributed by atoms with Crippen LogP contribution in [-0.4, -0.2) is 17.0 Å². The quantitative estimate of drug-likeness (QED) is 0.675. The number of aryl methyl sites for hydroxylation is 1. The van der Waals surface area contributed by atoms with Crippen molar-refractivity contribution in [3.8, 4) is 0 Å². The highest BCUT2D eigenvalue weighted by molar-refractivity contribution is 6.07. The van der Waals surface area contributed by atoms with Crippen LogP contribution in [0.15, 0.2) is 47.5 Å². The van der Waals surface area contributed by atoms with Crippen LogP contribution in [-0.2, 0) is 4.79 Å². The van der Waals surface area contributed by atoms with E-state index in [4.69, 9.17) is 0 Å².